The SMILES string of the molecule is Cc1ccc(N2CSCC2=O)cc1Cl. The smallest absolute Gasteiger partial charge is 0.237 e. The maximum Gasteiger partial charge on any atom is 0.237 e. The first-order chi connectivity index (χ1) is 6.68. The van der Waals surface area contributed by atoms with Gasteiger partial charge in [0.15, 0.2) is 0 Å². The molecule has 2 rings (SSSR count). The van der Waals surface area contributed by atoms with Gasteiger partial charge in [0, 0.05) is 10.7 Å². The first kappa shape index (κ1) is 9.87. The van der Waals surface area contributed by atoms with E-state index in [9.17, 15) is 4.79 Å². The first-order valence-corrected chi connectivity index (χ1v) is 5.86. The molecule has 0 bridgehead atoms. The van der Waals surface area contributed by atoms with Crippen LogP contribution in [0.4, 0.5) is 5.69 Å². The fraction of sp³-hybridized carbons (Fsp3) is 0.300. The van der Waals surface area contributed by atoms with Crippen molar-refractivity contribution in [2.24, 2.45) is 0 Å². The Morgan fingerprint density at radius 3 is 2.86 bits per heavy atom. The van der Waals surface area contributed by atoms with E-state index in [1.807, 2.05) is 25.1 Å². The number of hydrogen-bond donors (Lipinski definition) is 0. The van der Waals surface area contributed by atoms with Gasteiger partial charge in [-0.05, 0) is 24.6 Å². The highest BCUT2D eigenvalue weighted by molar-refractivity contribution is 8.00. The fourth-order valence-corrected chi connectivity index (χ4v) is 2.41. The number of carbonyl (C=O) groups excluding carboxylic acids is 1. The highest BCUT2D eigenvalue weighted by Gasteiger charge is 2.22. The summed E-state index contributed by atoms with van der Waals surface area (Å²) in [5.74, 6) is 1.47. The summed E-state index contributed by atoms with van der Waals surface area (Å²) in [4.78, 5) is 13.2. The van der Waals surface area contributed by atoms with Crippen LogP contribution in [0, 0.1) is 6.92 Å². The molecule has 1 fully saturated rings. The second-order valence-electron chi connectivity index (χ2n) is 3.23. The Kier molecular flexibility index (Phi) is 2.70. The molecule has 1 amide bonds. The molecule has 0 radical (unpaired) electrons. The molecule has 0 aromatic heterocycles. The van der Waals surface area contributed by atoms with Crippen LogP contribution in [0.25, 0.3) is 0 Å². The Hall–Kier alpha value is -0.670. The molecule has 0 N–H and O–H groups in total. The van der Waals surface area contributed by atoms with Gasteiger partial charge < -0.3 is 4.90 Å². The lowest BCUT2D eigenvalue weighted by atomic mass is 10.2. The van der Waals surface area contributed by atoms with E-state index in [0.717, 1.165) is 17.1 Å². The zero-order chi connectivity index (χ0) is 10.1. The van der Waals surface area contributed by atoms with Gasteiger partial charge in [0.25, 0.3) is 0 Å². The fourth-order valence-electron chi connectivity index (χ4n) is 1.34. The van der Waals surface area contributed by atoms with Gasteiger partial charge in [0.05, 0.1) is 11.6 Å². The van der Waals surface area contributed by atoms with Crippen LogP contribution in [0.5, 0.6) is 0 Å². The quantitative estimate of drug-likeness (QED) is 0.735. The lowest BCUT2D eigenvalue weighted by Crippen LogP contribution is -2.24. The lowest BCUT2D eigenvalue weighted by Gasteiger charge is -2.15. The van der Waals surface area contributed by atoms with Gasteiger partial charge in [-0.25, -0.2) is 0 Å². The largest absolute Gasteiger partial charge is 0.302 e. The van der Waals surface area contributed by atoms with Crippen LogP contribution in [0.2, 0.25) is 5.02 Å². The molecule has 0 aliphatic carbocycles. The predicted molar refractivity (Wildman–Crippen MR) is 61.0 cm³/mol. The van der Waals surface area contributed by atoms with Gasteiger partial charge in [0.1, 0.15) is 0 Å². The van der Waals surface area contributed by atoms with Crippen molar-refractivity contribution in [1.29, 1.82) is 0 Å². The van der Waals surface area contributed by atoms with Gasteiger partial charge in [0.2, 0.25) is 5.91 Å². The summed E-state index contributed by atoms with van der Waals surface area (Å²) in [5.41, 5.74) is 1.94. The predicted octanol–water partition coefficient (Wildman–Crippen LogP) is 2.69. The molecule has 74 valence electrons. The third kappa shape index (κ3) is 1.74. The zero-order valence-corrected chi connectivity index (χ0v) is 9.36. The summed E-state index contributed by atoms with van der Waals surface area (Å²) in [7, 11) is 0. The Morgan fingerprint density at radius 2 is 2.29 bits per heavy atom. The first-order valence-electron chi connectivity index (χ1n) is 4.33. The molecule has 4 heteroatoms. The van der Waals surface area contributed by atoms with Crippen LogP contribution in [0.3, 0.4) is 0 Å². The average molecular weight is 228 g/mol. The zero-order valence-electron chi connectivity index (χ0n) is 7.79. The number of thioether (sulfide) groups is 1. The maximum absolute atomic E-state index is 11.4. The van der Waals surface area contributed by atoms with Crippen LogP contribution >= 0.6 is 23.4 Å². The summed E-state index contributed by atoms with van der Waals surface area (Å²) in [6, 6.07) is 5.72. The molecule has 1 heterocycles. The minimum Gasteiger partial charge on any atom is -0.302 e. The monoisotopic (exact) mass is 227 g/mol. The number of anilines is 1. The van der Waals surface area contributed by atoms with Gasteiger partial charge >= 0.3 is 0 Å². The van der Waals surface area contributed by atoms with E-state index >= 15 is 0 Å². The normalized spacial score (nSPS) is 16.4. The van der Waals surface area contributed by atoms with Crippen molar-refractivity contribution in [1.82, 2.24) is 0 Å². The Labute approximate surface area is 92.2 Å². The molecular weight excluding hydrogens is 218 g/mol. The third-order valence-corrected chi connectivity index (χ3v) is 3.51. The minimum absolute atomic E-state index is 0.162. The summed E-state index contributed by atoms with van der Waals surface area (Å²) in [6.45, 7) is 1.95. The van der Waals surface area contributed by atoms with Crippen molar-refractivity contribution in [3.8, 4) is 0 Å². The number of halogens is 1. The number of benzene rings is 1. The van der Waals surface area contributed by atoms with E-state index < -0.39 is 0 Å². The second kappa shape index (κ2) is 3.83. The number of nitrogens with zero attached hydrogens (tertiary/aromatic N) is 1. The Balaban J connectivity index is 2.32. The number of hydrogen-bond acceptors (Lipinski definition) is 2. The molecule has 0 spiro atoms. The standard InChI is InChI=1S/C10H10ClNOS/c1-7-2-3-8(4-9(7)11)12-6-14-5-10(12)13/h2-4H,5-6H2,1H3. The van der Waals surface area contributed by atoms with Crippen LogP contribution in [-0.4, -0.2) is 17.5 Å². The highest BCUT2D eigenvalue weighted by Crippen LogP contribution is 2.27. The van der Waals surface area contributed by atoms with E-state index in [0.29, 0.717) is 10.8 Å². The second-order valence-corrected chi connectivity index (χ2v) is 4.60. The van der Waals surface area contributed by atoms with Crippen molar-refractivity contribution in [3.05, 3.63) is 28.8 Å². The van der Waals surface area contributed by atoms with Crippen LogP contribution in [-0.2, 0) is 4.79 Å². The number of carbonyl (C=O) groups is 1. The van der Waals surface area contributed by atoms with Gasteiger partial charge in [-0.3, -0.25) is 4.79 Å². The summed E-state index contributed by atoms with van der Waals surface area (Å²) in [5, 5.41) is 0.715. The molecule has 1 aromatic rings. The average Bonchev–Trinajstić information content (AvgIpc) is 2.57. The summed E-state index contributed by atoms with van der Waals surface area (Å²) in [6.07, 6.45) is 0. The van der Waals surface area contributed by atoms with Crippen molar-refractivity contribution in [3.63, 3.8) is 0 Å². The molecule has 0 atom stereocenters. The molecule has 1 aliphatic rings. The van der Waals surface area contributed by atoms with Gasteiger partial charge in [-0.15, -0.1) is 11.8 Å². The van der Waals surface area contributed by atoms with E-state index in [2.05, 4.69) is 0 Å². The number of amides is 1. The van der Waals surface area contributed by atoms with Crippen molar-refractivity contribution in [2.45, 2.75) is 6.92 Å². The van der Waals surface area contributed by atoms with Crippen molar-refractivity contribution < 1.29 is 4.79 Å². The maximum atomic E-state index is 11.4. The molecule has 2 nitrogen and oxygen atoms in total. The molecular formula is C10H10ClNOS. The molecule has 1 aromatic carbocycles. The molecule has 14 heavy (non-hydrogen) atoms. The van der Waals surface area contributed by atoms with Crippen LogP contribution in [0.15, 0.2) is 18.2 Å². The summed E-state index contributed by atoms with van der Waals surface area (Å²) < 4.78 is 0. The molecule has 1 saturated heterocycles. The number of aryl methyl sites for hydroxylation is 1. The van der Waals surface area contributed by atoms with Crippen molar-refractivity contribution in [2.75, 3.05) is 16.5 Å². The van der Waals surface area contributed by atoms with Gasteiger partial charge in [-0.1, -0.05) is 17.7 Å². The van der Waals surface area contributed by atoms with E-state index in [4.69, 9.17) is 11.6 Å². The number of rotatable bonds is 1. The van der Waals surface area contributed by atoms with Crippen LogP contribution in [0.1, 0.15) is 5.56 Å². The molecule has 0 unspecified atom stereocenters. The minimum atomic E-state index is 0.162. The Bertz CT molecular complexity index is 380. The topological polar surface area (TPSA) is 20.3 Å². The Morgan fingerprint density at radius 1 is 1.50 bits per heavy atom. The highest BCUT2D eigenvalue weighted by atomic mass is 35.5. The molecule has 1 aliphatic heterocycles. The van der Waals surface area contributed by atoms with E-state index in [1.54, 1.807) is 16.7 Å². The lowest BCUT2D eigenvalue weighted by molar-refractivity contribution is -0.115. The summed E-state index contributed by atoms with van der Waals surface area (Å²) >= 11 is 7.62. The van der Waals surface area contributed by atoms with Crippen molar-refractivity contribution >= 4 is 35.0 Å². The van der Waals surface area contributed by atoms with Gasteiger partial charge in [-0.2, -0.15) is 0 Å². The third-order valence-electron chi connectivity index (χ3n) is 2.21. The van der Waals surface area contributed by atoms with E-state index in [1.165, 1.54) is 0 Å². The molecule has 0 saturated carbocycles. The van der Waals surface area contributed by atoms with Crippen LogP contribution < -0.4 is 4.90 Å². The van der Waals surface area contributed by atoms with E-state index in [-0.39, 0.29) is 5.91 Å².